The van der Waals surface area contributed by atoms with Crippen molar-refractivity contribution in [2.45, 2.75) is 25.8 Å². The van der Waals surface area contributed by atoms with Gasteiger partial charge in [0.15, 0.2) is 5.76 Å². The van der Waals surface area contributed by atoms with E-state index in [-0.39, 0.29) is 17.6 Å². The second-order valence-corrected chi connectivity index (χ2v) is 6.38. The van der Waals surface area contributed by atoms with Crippen molar-refractivity contribution in [3.8, 4) is 5.69 Å². The number of aryl methyl sites for hydroxylation is 1. The molecule has 9 heteroatoms. The molecule has 138 valence electrons. The lowest BCUT2D eigenvalue weighted by Gasteiger charge is -2.23. The number of aromatic nitrogens is 4. The van der Waals surface area contributed by atoms with Gasteiger partial charge in [0.25, 0.3) is 5.91 Å². The number of hydrogen-bond donors (Lipinski definition) is 1. The molecule has 0 radical (unpaired) electrons. The Hall–Kier alpha value is -3.49. The van der Waals surface area contributed by atoms with Gasteiger partial charge in [0.2, 0.25) is 5.91 Å². The number of carbonyl (C=O) groups excluding carboxylic acids is 2. The molecule has 1 aliphatic heterocycles. The van der Waals surface area contributed by atoms with E-state index in [9.17, 15) is 9.59 Å². The van der Waals surface area contributed by atoms with E-state index in [2.05, 4.69) is 20.8 Å². The Kier molecular flexibility index (Phi) is 4.41. The Morgan fingerprint density at radius 2 is 2.19 bits per heavy atom. The van der Waals surface area contributed by atoms with Crippen LogP contribution < -0.4 is 5.32 Å². The number of tetrazole rings is 1. The van der Waals surface area contributed by atoms with Crippen molar-refractivity contribution in [1.82, 2.24) is 25.1 Å². The number of furan rings is 1. The van der Waals surface area contributed by atoms with Crippen LogP contribution in [0.1, 0.15) is 29.0 Å². The van der Waals surface area contributed by atoms with Gasteiger partial charge >= 0.3 is 0 Å². The first-order valence-corrected chi connectivity index (χ1v) is 8.63. The second kappa shape index (κ2) is 7.02. The molecule has 2 amide bonds. The zero-order valence-corrected chi connectivity index (χ0v) is 14.7. The van der Waals surface area contributed by atoms with E-state index in [1.165, 1.54) is 12.6 Å². The van der Waals surface area contributed by atoms with Crippen molar-refractivity contribution in [3.63, 3.8) is 0 Å². The largest absolute Gasteiger partial charge is 0.459 e. The molecule has 1 fully saturated rings. The number of amides is 2. The first-order chi connectivity index (χ1) is 13.1. The third-order valence-electron chi connectivity index (χ3n) is 4.61. The van der Waals surface area contributed by atoms with Gasteiger partial charge in [-0.05, 0) is 66.1 Å². The minimum atomic E-state index is -0.512. The van der Waals surface area contributed by atoms with Crippen molar-refractivity contribution >= 4 is 17.5 Å². The molecule has 0 unspecified atom stereocenters. The second-order valence-electron chi connectivity index (χ2n) is 6.38. The van der Waals surface area contributed by atoms with Gasteiger partial charge in [0, 0.05) is 12.2 Å². The summed E-state index contributed by atoms with van der Waals surface area (Å²) in [7, 11) is 0. The van der Waals surface area contributed by atoms with E-state index in [1.54, 1.807) is 27.8 Å². The smallest absolute Gasteiger partial charge is 0.290 e. The average Bonchev–Trinajstić information content (AvgIpc) is 3.43. The Labute approximate surface area is 155 Å². The molecule has 0 bridgehead atoms. The zero-order chi connectivity index (χ0) is 18.8. The standard InChI is InChI=1S/C18H18N6O3/c1-12-10-13(6-7-14(12)24-11-19-21-22-24)20-17(25)15-4-2-8-23(15)18(26)16-5-3-9-27-16/h3,5-7,9-11,15H,2,4,8H2,1H3,(H,20,25)/t15-/m0/s1. The predicted octanol–water partition coefficient (Wildman–Crippen LogP) is 1.81. The lowest BCUT2D eigenvalue weighted by molar-refractivity contribution is -0.119. The Morgan fingerprint density at radius 1 is 1.30 bits per heavy atom. The molecule has 0 saturated carbocycles. The van der Waals surface area contributed by atoms with Gasteiger partial charge in [-0.15, -0.1) is 5.10 Å². The summed E-state index contributed by atoms with van der Waals surface area (Å²) in [6.07, 6.45) is 4.37. The van der Waals surface area contributed by atoms with E-state index in [4.69, 9.17) is 4.42 Å². The van der Waals surface area contributed by atoms with E-state index >= 15 is 0 Å². The van der Waals surface area contributed by atoms with Gasteiger partial charge in [-0.1, -0.05) is 0 Å². The van der Waals surface area contributed by atoms with Crippen LogP contribution in [0.15, 0.2) is 47.3 Å². The Balaban J connectivity index is 1.48. The fourth-order valence-corrected chi connectivity index (χ4v) is 3.31. The van der Waals surface area contributed by atoms with Crippen LogP contribution >= 0.6 is 0 Å². The van der Waals surface area contributed by atoms with Gasteiger partial charge in [0.05, 0.1) is 12.0 Å². The first-order valence-electron chi connectivity index (χ1n) is 8.63. The molecule has 1 saturated heterocycles. The topological polar surface area (TPSA) is 106 Å². The summed E-state index contributed by atoms with van der Waals surface area (Å²) in [6.45, 7) is 2.45. The van der Waals surface area contributed by atoms with Crippen molar-refractivity contribution in [3.05, 3.63) is 54.2 Å². The zero-order valence-electron chi connectivity index (χ0n) is 14.7. The third-order valence-corrected chi connectivity index (χ3v) is 4.61. The maximum absolute atomic E-state index is 12.8. The van der Waals surface area contributed by atoms with Crippen molar-refractivity contribution in [2.24, 2.45) is 0 Å². The average molecular weight is 366 g/mol. The molecular formula is C18H18N6O3. The van der Waals surface area contributed by atoms with Crippen LogP contribution in [0, 0.1) is 6.92 Å². The van der Waals surface area contributed by atoms with E-state index in [0.29, 0.717) is 18.7 Å². The van der Waals surface area contributed by atoms with Crippen LogP contribution in [-0.4, -0.2) is 49.5 Å². The Morgan fingerprint density at radius 3 is 2.89 bits per heavy atom. The lowest BCUT2D eigenvalue weighted by atomic mass is 10.1. The lowest BCUT2D eigenvalue weighted by Crippen LogP contribution is -2.43. The Bertz CT molecular complexity index is 952. The number of nitrogens with zero attached hydrogens (tertiary/aromatic N) is 5. The summed E-state index contributed by atoms with van der Waals surface area (Å²) in [5.41, 5.74) is 2.40. The summed E-state index contributed by atoms with van der Waals surface area (Å²) in [6, 6.07) is 8.23. The maximum Gasteiger partial charge on any atom is 0.290 e. The summed E-state index contributed by atoms with van der Waals surface area (Å²) in [5, 5.41) is 14.0. The molecule has 0 aliphatic carbocycles. The van der Waals surface area contributed by atoms with Crippen LogP contribution in [-0.2, 0) is 4.79 Å². The van der Waals surface area contributed by atoms with Crippen molar-refractivity contribution in [2.75, 3.05) is 11.9 Å². The van der Waals surface area contributed by atoms with Crippen LogP contribution in [0.3, 0.4) is 0 Å². The SMILES string of the molecule is Cc1cc(NC(=O)[C@@H]2CCCN2C(=O)c2ccco2)ccc1-n1cnnn1. The first kappa shape index (κ1) is 17.0. The van der Waals surface area contributed by atoms with Gasteiger partial charge in [0.1, 0.15) is 12.4 Å². The van der Waals surface area contributed by atoms with Crippen LogP contribution in [0.4, 0.5) is 5.69 Å². The number of carbonyl (C=O) groups is 2. The number of nitrogens with one attached hydrogen (secondary N) is 1. The summed E-state index contributed by atoms with van der Waals surface area (Å²) in [5.74, 6) is -0.221. The highest BCUT2D eigenvalue weighted by Gasteiger charge is 2.35. The van der Waals surface area contributed by atoms with Gasteiger partial charge in [-0.2, -0.15) is 0 Å². The van der Waals surface area contributed by atoms with Crippen LogP contribution in [0.2, 0.25) is 0 Å². The molecule has 27 heavy (non-hydrogen) atoms. The molecule has 1 aromatic carbocycles. The normalized spacial score (nSPS) is 16.5. The fourth-order valence-electron chi connectivity index (χ4n) is 3.31. The van der Waals surface area contributed by atoms with Gasteiger partial charge in [-0.25, -0.2) is 4.68 Å². The number of rotatable bonds is 4. The molecule has 1 aliphatic rings. The molecule has 4 rings (SSSR count). The van der Waals surface area contributed by atoms with Crippen LogP contribution in [0.5, 0.6) is 0 Å². The molecular weight excluding hydrogens is 348 g/mol. The number of likely N-dealkylation sites (tertiary alicyclic amines) is 1. The minimum Gasteiger partial charge on any atom is -0.459 e. The molecule has 9 nitrogen and oxygen atoms in total. The third kappa shape index (κ3) is 3.31. The number of anilines is 1. The van der Waals surface area contributed by atoms with Crippen molar-refractivity contribution < 1.29 is 14.0 Å². The highest BCUT2D eigenvalue weighted by Crippen LogP contribution is 2.23. The quantitative estimate of drug-likeness (QED) is 0.755. The monoisotopic (exact) mass is 366 g/mol. The minimum absolute atomic E-state index is 0.207. The molecule has 1 atom stereocenters. The maximum atomic E-state index is 12.8. The van der Waals surface area contributed by atoms with Crippen molar-refractivity contribution in [1.29, 1.82) is 0 Å². The summed E-state index contributed by atoms with van der Waals surface area (Å²) in [4.78, 5) is 26.9. The molecule has 0 spiro atoms. The highest BCUT2D eigenvalue weighted by atomic mass is 16.3. The van der Waals surface area contributed by atoms with Crippen LogP contribution in [0.25, 0.3) is 5.69 Å². The predicted molar refractivity (Wildman–Crippen MR) is 95.3 cm³/mol. The molecule has 3 heterocycles. The van der Waals surface area contributed by atoms with E-state index in [1.807, 2.05) is 19.1 Å². The summed E-state index contributed by atoms with van der Waals surface area (Å²) < 4.78 is 6.73. The van der Waals surface area contributed by atoms with E-state index in [0.717, 1.165) is 17.7 Å². The molecule has 2 aromatic heterocycles. The fraction of sp³-hybridized carbons (Fsp3) is 0.278. The number of benzene rings is 1. The highest BCUT2D eigenvalue weighted by molar-refractivity contribution is 6.00. The molecule has 3 aromatic rings. The van der Waals surface area contributed by atoms with E-state index < -0.39 is 6.04 Å². The van der Waals surface area contributed by atoms with Gasteiger partial charge < -0.3 is 14.6 Å². The van der Waals surface area contributed by atoms with Gasteiger partial charge in [-0.3, -0.25) is 9.59 Å². The number of hydrogen-bond acceptors (Lipinski definition) is 6. The summed E-state index contributed by atoms with van der Waals surface area (Å²) >= 11 is 0. The molecule has 1 N–H and O–H groups in total.